The van der Waals surface area contributed by atoms with Crippen LogP contribution in [0.2, 0.25) is 0 Å². The first-order valence-corrected chi connectivity index (χ1v) is 11.0. The molecular weight excluding hydrogens is 341 g/mol. The molecular formula is C21H29F3S. The van der Waals surface area contributed by atoms with Gasteiger partial charge in [-0.3, -0.25) is 0 Å². The summed E-state index contributed by atoms with van der Waals surface area (Å²) in [5, 5.41) is 0. The Hall–Kier alpha value is -0.510. The molecule has 0 N–H and O–H groups in total. The zero-order valence-corrected chi connectivity index (χ0v) is 15.7. The van der Waals surface area contributed by atoms with Gasteiger partial charge in [0.1, 0.15) is 4.88 Å². The van der Waals surface area contributed by atoms with Crippen LogP contribution in [0.25, 0.3) is 0 Å². The number of alkyl halides is 3. The summed E-state index contributed by atoms with van der Waals surface area (Å²) in [6, 6.07) is 2.99. The third-order valence-electron chi connectivity index (χ3n) is 7.00. The normalized spacial score (nSPS) is 34.2. The van der Waals surface area contributed by atoms with E-state index in [2.05, 4.69) is 0 Å². The number of thiophene rings is 1. The van der Waals surface area contributed by atoms with Crippen LogP contribution in [-0.2, 0) is 6.18 Å². The maximum absolute atomic E-state index is 12.8. The molecule has 0 unspecified atom stereocenters. The van der Waals surface area contributed by atoms with Crippen LogP contribution in [-0.4, -0.2) is 0 Å². The van der Waals surface area contributed by atoms with Gasteiger partial charge in [0.05, 0.1) is 0 Å². The van der Waals surface area contributed by atoms with Gasteiger partial charge in [-0.1, -0.05) is 25.7 Å². The van der Waals surface area contributed by atoms with E-state index >= 15 is 0 Å². The average Bonchev–Trinajstić information content (AvgIpc) is 3.25. The first kappa shape index (κ1) is 17.9. The van der Waals surface area contributed by atoms with Crippen LogP contribution in [0.15, 0.2) is 12.1 Å². The summed E-state index contributed by atoms with van der Waals surface area (Å²) in [6.07, 6.45) is 10.6. The first-order valence-electron chi connectivity index (χ1n) is 10.2. The van der Waals surface area contributed by atoms with Gasteiger partial charge in [-0.05, 0) is 86.7 Å². The number of rotatable bonds is 4. The van der Waals surface area contributed by atoms with E-state index in [0.29, 0.717) is 5.92 Å². The third-order valence-corrected chi connectivity index (χ3v) is 8.29. The van der Waals surface area contributed by atoms with Gasteiger partial charge in [-0.2, -0.15) is 13.2 Å². The predicted molar refractivity (Wildman–Crippen MR) is 96.8 cm³/mol. The molecule has 25 heavy (non-hydrogen) atoms. The Bertz CT molecular complexity index is 556. The van der Waals surface area contributed by atoms with Crippen molar-refractivity contribution in [1.29, 1.82) is 0 Å². The van der Waals surface area contributed by atoms with Crippen LogP contribution in [0.4, 0.5) is 13.2 Å². The van der Waals surface area contributed by atoms with Gasteiger partial charge in [-0.25, -0.2) is 0 Å². The monoisotopic (exact) mass is 370 g/mol. The van der Waals surface area contributed by atoms with Crippen LogP contribution < -0.4 is 0 Å². The van der Waals surface area contributed by atoms with E-state index < -0.39 is 11.1 Å². The van der Waals surface area contributed by atoms with Crippen molar-refractivity contribution in [2.24, 2.45) is 23.7 Å². The average molecular weight is 371 g/mol. The van der Waals surface area contributed by atoms with Crippen molar-refractivity contribution in [1.82, 2.24) is 0 Å². The van der Waals surface area contributed by atoms with Crippen molar-refractivity contribution in [3.8, 4) is 0 Å². The predicted octanol–water partition coefficient (Wildman–Crippen LogP) is 7.65. The van der Waals surface area contributed by atoms with Crippen molar-refractivity contribution < 1.29 is 13.2 Å². The van der Waals surface area contributed by atoms with Gasteiger partial charge in [0, 0.05) is 4.88 Å². The number of halogens is 3. The second kappa shape index (κ2) is 7.25. The topological polar surface area (TPSA) is 0 Å². The van der Waals surface area contributed by atoms with Crippen molar-refractivity contribution in [3.63, 3.8) is 0 Å². The van der Waals surface area contributed by atoms with Crippen LogP contribution >= 0.6 is 11.3 Å². The van der Waals surface area contributed by atoms with Crippen molar-refractivity contribution in [2.45, 2.75) is 82.7 Å². The largest absolute Gasteiger partial charge is 0.425 e. The van der Waals surface area contributed by atoms with Crippen molar-refractivity contribution in [3.05, 3.63) is 21.9 Å². The molecule has 0 atom stereocenters. The molecule has 3 fully saturated rings. The molecule has 0 bridgehead atoms. The fourth-order valence-electron chi connectivity index (χ4n) is 5.32. The molecule has 0 nitrogen and oxygen atoms in total. The Kier molecular flexibility index (Phi) is 5.18. The number of hydrogen-bond donors (Lipinski definition) is 0. The zero-order chi connectivity index (χ0) is 17.4. The maximum atomic E-state index is 12.8. The van der Waals surface area contributed by atoms with E-state index in [1.54, 1.807) is 6.07 Å². The summed E-state index contributed by atoms with van der Waals surface area (Å²) >= 11 is 0.970. The Labute approximate surface area is 153 Å². The zero-order valence-electron chi connectivity index (χ0n) is 14.9. The van der Waals surface area contributed by atoms with Crippen LogP contribution in [0.5, 0.6) is 0 Å². The second-order valence-electron chi connectivity index (χ2n) is 8.77. The first-order chi connectivity index (χ1) is 12.0. The lowest BCUT2D eigenvalue weighted by Crippen LogP contribution is -2.25. The fourth-order valence-corrected chi connectivity index (χ4v) is 6.36. The summed E-state index contributed by atoms with van der Waals surface area (Å²) in [6.45, 7) is 0. The summed E-state index contributed by atoms with van der Waals surface area (Å²) in [4.78, 5) is 0.525. The minimum atomic E-state index is -4.18. The summed E-state index contributed by atoms with van der Waals surface area (Å²) in [5.41, 5.74) is 0. The molecule has 4 rings (SSSR count). The Morgan fingerprint density at radius 2 is 1.28 bits per heavy atom. The molecule has 0 saturated heterocycles. The maximum Gasteiger partial charge on any atom is 0.425 e. The fraction of sp³-hybridized carbons (Fsp3) is 0.810. The van der Waals surface area contributed by atoms with Crippen LogP contribution in [0, 0.1) is 23.7 Å². The lowest BCUT2D eigenvalue weighted by molar-refractivity contribution is -0.134. The lowest BCUT2D eigenvalue weighted by Gasteiger charge is -2.37. The minimum absolute atomic E-state index is 0.364. The molecule has 0 aliphatic heterocycles. The van der Waals surface area contributed by atoms with Gasteiger partial charge >= 0.3 is 6.18 Å². The minimum Gasteiger partial charge on any atom is -0.165 e. The lowest BCUT2D eigenvalue weighted by atomic mass is 9.68. The number of hydrogen-bond acceptors (Lipinski definition) is 1. The second-order valence-corrected chi connectivity index (χ2v) is 9.89. The van der Waals surface area contributed by atoms with E-state index in [1.165, 1.54) is 63.9 Å². The molecule has 3 aliphatic rings. The quantitative estimate of drug-likeness (QED) is 0.510. The standard InChI is InChI=1S/C21H29F3S/c22-21(23,24)20-12-11-19(25-20)18-9-7-17(8-10-18)16-5-3-15(4-6-16)13-14-1-2-14/h11-12,14-18H,1-10,13H2. The molecule has 0 aromatic carbocycles. The van der Waals surface area contributed by atoms with Gasteiger partial charge in [-0.15, -0.1) is 11.3 Å². The molecule has 3 saturated carbocycles. The van der Waals surface area contributed by atoms with E-state index in [4.69, 9.17) is 0 Å². The third kappa shape index (κ3) is 4.43. The van der Waals surface area contributed by atoms with E-state index in [-0.39, 0.29) is 0 Å². The van der Waals surface area contributed by atoms with Crippen LogP contribution in [0.1, 0.15) is 86.3 Å². The smallest absolute Gasteiger partial charge is 0.165 e. The molecule has 1 aromatic rings. The molecule has 0 amide bonds. The van der Waals surface area contributed by atoms with Gasteiger partial charge in [0.15, 0.2) is 0 Å². The molecule has 1 heterocycles. The van der Waals surface area contributed by atoms with Crippen LogP contribution in [0.3, 0.4) is 0 Å². The van der Waals surface area contributed by atoms with E-state index in [9.17, 15) is 13.2 Å². The van der Waals surface area contributed by atoms with E-state index in [0.717, 1.165) is 52.7 Å². The van der Waals surface area contributed by atoms with Gasteiger partial charge < -0.3 is 0 Å². The summed E-state index contributed by atoms with van der Waals surface area (Å²) < 4.78 is 38.4. The molecule has 3 aliphatic carbocycles. The molecule has 0 radical (unpaired) electrons. The van der Waals surface area contributed by atoms with E-state index in [1.807, 2.05) is 0 Å². The molecule has 1 aromatic heterocycles. The van der Waals surface area contributed by atoms with Crippen molar-refractivity contribution in [2.75, 3.05) is 0 Å². The highest BCUT2D eigenvalue weighted by molar-refractivity contribution is 7.12. The van der Waals surface area contributed by atoms with Gasteiger partial charge in [0.25, 0.3) is 0 Å². The Balaban J connectivity index is 1.25. The Morgan fingerprint density at radius 3 is 1.76 bits per heavy atom. The highest BCUT2D eigenvalue weighted by Crippen LogP contribution is 2.48. The molecule has 0 spiro atoms. The highest BCUT2D eigenvalue weighted by atomic mass is 32.1. The van der Waals surface area contributed by atoms with Crippen molar-refractivity contribution >= 4 is 11.3 Å². The highest BCUT2D eigenvalue weighted by Gasteiger charge is 2.36. The summed E-state index contributed by atoms with van der Waals surface area (Å²) in [5.74, 6) is 4.14. The molecule has 140 valence electrons. The SMILES string of the molecule is FC(F)(F)c1ccc(C2CCC(C3CCC(CC4CC4)CC3)CC2)s1. The summed E-state index contributed by atoms with van der Waals surface area (Å²) in [7, 11) is 0. The Morgan fingerprint density at radius 1 is 0.760 bits per heavy atom. The van der Waals surface area contributed by atoms with Gasteiger partial charge in [0.2, 0.25) is 0 Å². The molecule has 4 heteroatoms.